The molecule has 1 aromatic carbocycles. The van der Waals surface area contributed by atoms with Crippen LogP contribution in [0.3, 0.4) is 0 Å². The number of pyridine rings is 1. The topological polar surface area (TPSA) is 53.5 Å². The van der Waals surface area contributed by atoms with E-state index in [1.807, 2.05) is 9.80 Å². The number of aromatic nitrogens is 1. The number of hydrogen-bond acceptors (Lipinski definition) is 3. The predicted molar refractivity (Wildman–Crippen MR) is 113 cm³/mol. The molecule has 2 saturated heterocycles. The third kappa shape index (κ3) is 3.71. The van der Waals surface area contributed by atoms with Crippen molar-refractivity contribution in [3.63, 3.8) is 0 Å². The van der Waals surface area contributed by atoms with Crippen molar-refractivity contribution in [3.8, 4) is 0 Å². The van der Waals surface area contributed by atoms with E-state index < -0.39 is 0 Å². The lowest BCUT2D eigenvalue weighted by atomic mass is 9.76. The molecule has 0 N–H and O–H groups in total. The fraction of sp³-hybridized carbons (Fsp3) is 0.458. The Balaban J connectivity index is 1.58. The normalized spacial score (nSPS) is 23.8. The second-order valence-corrected chi connectivity index (χ2v) is 8.59. The third-order valence-corrected chi connectivity index (χ3v) is 6.69. The van der Waals surface area contributed by atoms with Crippen molar-refractivity contribution in [2.45, 2.75) is 57.5 Å². The van der Waals surface area contributed by atoms with Gasteiger partial charge in [-0.05, 0) is 56.4 Å². The highest BCUT2D eigenvalue weighted by Crippen LogP contribution is 2.39. The second kappa shape index (κ2) is 8.17. The molecule has 2 atom stereocenters. The maximum atomic E-state index is 14.0. The Morgan fingerprint density at radius 1 is 1.20 bits per heavy atom. The molecule has 2 fully saturated rings. The van der Waals surface area contributed by atoms with E-state index in [0.29, 0.717) is 29.8 Å². The van der Waals surface area contributed by atoms with Gasteiger partial charge in [-0.25, -0.2) is 4.39 Å². The highest BCUT2D eigenvalue weighted by molar-refractivity contribution is 5.94. The molecule has 0 radical (unpaired) electrons. The van der Waals surface area contributed by atoms with Gasteiger partial charge in [0.05, 0.1) is 11.6 Å². The summed E-state index contributed by atoms with van der Waals surface area (Å²) in [4.78, 5) is 33.9. The Hall–Kier alpha value is -2.76. The number of hydrogen-bond donors (Lipinski definition) is 0. The summed E-state index contributed by atoms with van der Waals surface area (Å²) < 4.78 is 14.0. The summed E-state index contributed by atoms with van der Waals surface area (Å²) in [5.41, 5.74) is 1.48. The Labute approximate surface area is 176 Å². The number of carbonyl (C=O) groups is 2. The average Bonchev–Trinajstić information content (AvgIpc) is 2.73. The zero-order valence-corrected chi connectivity index (χ0v) is 17.6. The molecule has 3 heterocycles. The molecule has 0 spiro atoms. The van der Waals surface area contributed by atoms with Crippen molar-refractivity contribution >= 4 is 11.8 Å². The van der Waals surface area contributed by atoms with Gasteiger partial charge in [-0.2, -0.15) is 0 Å². The first kappa shape index (κ1) is 20.5. The Bertz CT molecular complexity index is 963. The first-order chi connectivity index (χ1) is 14.4. The van der Waals surface area contributed by atoms with Gasteiger partial charge in [0.1, 0.15) is 5.82 Å². The summed E-state index contributed by atoms with van der Waals surface area (Å²) in [6, 6.07) is 10.1. The molecule has 30 heavy (non-hydrogen) atoms. The summed E-state index contributed by atoms with van der Waals surface area (Å²) in [6.45, 7) is 5.18. The molecule has 0 bridgehead atoms. The lowest BCUT2D eigenvalue weighted by Gasteiger charge is -2.56. The molecule has 0 saturated carbocycles. The minimum Gasteiger partial charge on any atom is -0.335 e. The van der Waals surface area contributed by atoms with Gasteiger partial charge in [-0.1, -0.05) is 18.2 Å². The number of carbonyl (C=O) groups excluding carboxylic acids is 2. The van der Waals surface area contributed by atoms with E-state index in [-0.39, 0.29) is 29.2 Å². The van der Waals surface area contributed by atoms with Crippen LogP contribution in [0, 0.1) is 5.82 Å². The Morgan fingerprint density at radius 3 is 2.77 bits per heavy atom. The molecule has 2 aromatic rings. The van der Waals surface area contributed by atoms with E-state index in [0.717, 1.165) is 32.2 Å². The Morgan fingerprint density at radius 2 is 2.00 bits per heavy atom. The fourth-order valence-electron chi connectivity index (χ4n) is 5.22. The number of halogens is 1. The van der Waals surface area contributed by atoms with Crippen LogP contribution in [0.1, 0.15) is 61.1 Å². The predicted octanol–water partition coefficient (Wildman–Crippen LogP) is 3.82. The van der Waals surface area contributed by atoms with E-state index in [1.165, 1.54) is 6.07 Å². The maximum Gasteiger partial charge on any atom is 0.254 e. The molecule has 158 valence electrons. The van der Waals surface area contributed by atoms with E-state index in [2.05, 4.69) is 11.9 Å². The standard InChI is InChI=1S/C24H28FN3O2/c1-17(29)28-14-5-9-22-24(28,2)11-6-13-27(22)23(30)19-10-12-26-20(16-19)15-18-7-3-4-8-21(18)25/h3-4,7-8,10,12,16,22H,5-6,9,11,13-15H2,1-2H3/t22-,24+/m1/s1. The lowest BCUT2D eigenvalue weighted by molar-refractivity contribution is -0.143. The monoisotopic (exact) mass is 409 g/mol. The summed E-state index contributed by atoms with van der Waals surface area (Å²) in [7, 11) is 0. The van der Waals surface area contributed by atoms with Gasteiger partial charge in [-0.3, -0.25) is 14.6 Å². The SMILES string of the molecule is CC(=O)N1CCC[C@H]2N(C(=O)c3ccnc(Cc4ccccc4F)c3)CCC[C@@]21C. The number of benzene rings is 1. The van der Waals surface area contributed by atoms with Crippen molar-refractivity contribution in [1.82, 2.24) is 14.8 Å². The first-order valence-corrected chi connectivity index (χ1v) is 10.7. The van der Waals surface area contributed by atoms with Crippen LogP contribution in [0.15, 0.2) is 42.6 Å². The summed E-state index contributed by atoms with van der Waals surface area (Å²) in [5.74, 6) is -0.226. The van der Waals surface area contributed by atoms with Gasteiger partial charge in [0.25, 0.3) is 5.91 Å². The lowest BCUT2D eigenvalue weighted by Crippen LogP contribution is -2.67. The van der Waals surface area contributed by atoms with Crippen molar-refractivity contribution in [1.29, 1.82) is 0 Å². The number of fused-ring (bicyclic) bond motifs is 1. The molecule has 1 aromatic heterocycles. The summed E-state index contributed by atoms with van der Waals surface area (Å²) in [6.07, 6.45) is 5.55. The smallest absolute Gasteiger partial charge is 0.254 e. The van der Waals surface area contributed by atoms with Gasteiger partial charge < -0.3 is 9.80 Å². The van der Waals surface area contributed by atoms with Gasteiger partial charge in [-0.15, -0.1) is 0 Å². The van der Waals surface area contributed by atoms with Crippen LogP contribution < -0.4 is 0 Å². The number of amides is 2. The molecular weight excluding hydrogens is 381 g/mol. The average molecular weight is 410 g/mol. The second-order valence-electron chi connectivity index (χ2n) is 8.59. The van der Waals surface area contributed by atoms with Crippen LogP contribution in [0.25, 0.3) is 0 Å². The van der Waals surface area contributed by atoms with Crippen molar-refractivity contribution in [3.05, 3.63) is 65.2 Å². The van der Waals surface area contributed by atoms with E-state index in [4.69, 9.17) is 0 Å². The molecule has 0 unspecified atom stereocenters. The van der Waals surface area contributed by atoms with Gasteiger partial charge >= 0.3 is 0 Å². The number of rotatable bonds is 3. The number of nitrogens with zero attached hydrogens (tertiary/aromatic N) is 3. The molecule has 2 aliphatic rings. The van der Waals surface area contributed by atoms with E-state index in [1.54, 1.807) is 43.5 Å². The van der Waals surface area contributed by atoms with Crippen LogP contribution in [0.2, 0.25) is 0 Å². The van der Waals surface area contributed by atoms with Crippen LogP contribution in [-0.2, 0) is 11.2 Å². The van der Waals surface area contributed by atoms with Crippen LogP contribution >= 0.6 is 0 Å². The van der Waals surface area contributed by atoms with Crippen LogP contribution in [-0.4, -0.2) is 51.3 Å². The molecule has 2 amide bonds. The van der Waals surface area contributed by atoms with Gasteiger partial charge in [0.15, 0.2) is 0 Å². The molecule has 5 nitrogen and oxygen atoms in total. The van der Waals surface area contributed by atoms with Crippen molar-refractivity contribution in [2.24, 2.45) is 0 Å². The Kier molecular flexibility index (Phi) is 5.58. The van der Waals surface area contributed by atoms with E-state index in [9.17, 15) is 14.0 Å². The fourth-order valence-corrected chi connectivity index (χ4v) is 5.22. The number of piperidine rings is 2. The molecule has 0 aliphatic carbocycles. The zero-order chi connectivity index (χ0) is 21.3. The molecule has 6 heteroatoms. The largest absolute Gasteiger partial charge is 0.335 e. The van der Waals surface area contributed by atoms with Gasteiger partial charge in [0, 0.05) is 43.9 Å². The van der Waals surface area contributed by atoms with Crippen LogP contribution in [0.5, 0.6) is 0 Å². The maximum absolute atomic E-state index is 14.0. The minimum absolute atomic E-state index is 0.0135. The van der Waals surface area contributed by atoms with Crippen molar-refractivity contribution < 1.29 is 14.0 Å². The third-order valence-electron chi connectivity index (χ3n) is 6.69. The number of likely N-dealkylation sites (tertiary alicyclic amines) is 2. The molecular formula is C24H28FN3O2. The van der Waals surface area contributed by atoms with Gasteiger partial charge in [0.2, 0.25) is 5.91 Å². The highest BCUT2D eigenvalue weighted by Gasteiger charge is 2.49. The zero-order valence-electron chi connectivity index (χ0n) is 17.6. The summed E-state index contributed by atoms with van der Waals surface area (Å²) in [5, 5.41) is 0. The van der Waals surface area contributed by atoms with Crippen molar-refractivity contribution in [2.75, 3.05) is 13.1 Å². The first-order valence-electron chi connectivity index (χ1n) is 10.7. The quantitative estimate of drug-likeness (QED) is 0.775. The molecule has 2 aliphatic heterocycles. The minimum atomic E-state index is -0.318. The molecule has 4 rings (SSSR count). The highest BCUT2D eigenvalue weighted by atomic mass is 19.1. The van der Waals surface area contributed by atoms with E-state index >= 15 is 0 Å². The summed E-state index contributed by atoms with van der Waals surface area (Å²) >= 11 is 0. The van der Waals surface area contributed by atoms with Crippen LogP contribution in [0.4, 0.5) is 4.39 Å².